The molecule has 2 N–H and O–H groups in total. The number of nitrogens with zero attached hydrogens (tertiary/aromatic N) is 2. The largest absolute Gasteiger partial charge is 0.508 e. The number of likely N-dealkylation sites (N-methyl/N-ethyl adjacent to an activating group) is 1. The van der Waals surface area contributed by atoms with Crippen LogP contribution in [-0.2, 0) is 23.2 Å². The lowest BCUT2D eigenvalue weighted by atomic mass is 9.73. The van der Waals surface area contributed by atoms with Crippen LogP contribution >= 0.6 is 11.6 Å². The van der Waals surface area contributed by atoms with Crippen molar-refractivity contribution in [2.45, 2.75) is 37.3 Å². The van der Waals surface area contributed by atoms with E-state index >= 15 is 0 Å². The molecule has 2 aromatic carbocycles. The van der Waals surface area contributed by atoms with Gasteiger partial charge in [-0.2, -0.15) is 0 Å². The summed E-state index contributed by atoms with van der Waals surface area (Å²) in [6, 6.07) is 8.31. The maximum Gasteiger partial charge on any atom is 0.237 e. The molecule has 1 atom stereocenters. The third kappa shape index (κ3) is 3.01. The van der Waals surface area contributed by atoms with E-state index in [1.54, 1.807) is 36.2 Å². The van der Waals surface area contributed by atoms with Gasteiger partial charge in [-0.05, 0) is 73.8 Å². The highest BCUT2D eigenvalue weighted by Crippen LogP contribution is 2.47. The second kappa shape index (κ2) is 7.22. The van der Waals surface area contributed by atoms with Crippen LogP contribution in [0.4, 0.5) is 10.1 Å². The molecule has 0 radical (unpaired) electrons. The highest BCUT2D eigenvalue weighted by atomic mass is 35.5. The molecule has 1 unspecified atom stereocenters. The summed E-state index contributed by atoms with van der Waals surface area (Å²) < 4.78 is 13.9. The van der Waals surface area contributed by atoms with Crippen LogP contribution in [0.15, 0.2) is 30.3 Å². The molecule has 7 heteroatoms. The first-order valence-corrected chi connectivity index (χ1v) is 10.8. The molecule has 2 aromatic rings. The highest BCUT2D eigenvalue weighted by molar-refractivity contribution is 6.31. The average Bonchev–Trinajstić information content (AvgIpc) is 2.94. The first-order chi connectivity index (χ1) is 14.4. The van der Waals surface area contributed by atoms with Crippen molar-refractivity contribution in [3.05, 3.63) is 57.9 Å². The molecule has 5 rings (SSSR count). The molecule has 1 saturated heterocycles. The van der Waals surface area contributed by atoms with Gasteiger partial charge < -0.3 is 20.2 Å². The van der Waals surface area contributed by atoms with Crippen molar-refractivity contribution in [2.75, 3.05) is 31.6 Å². The number of phenols is 1. The quantitative estimate of drug-likeness (QED) is 0.769. The second-order valence-corrected chi connectivity index (χ2v) is 9.12. The van der Waals surface area contributed by atoms with Crippen LogP contribution in [0.25, 0.3) is 0 Å². The number of rotatable bonds is 2. The maximum absolute atomic E-state index is 13.9. The molecule has 30 heavy (non-hydrogen) atoms. The fourth-order valence-electron chi connectivity index (χ4n) is 5.41. The zero-order valence-corrected chi connectivity index (χ0v) is 17.7. The Hall–Kier alpha value is -2.15. The van der Waals surface area contributed by atoms with E-state index in [0.717, 1.165) is 48.4 Å². The number of anilines is 1. The van der Waals surface area contributed by atoms with E-state index in [0.29, 0.717) is 24.4 Å². The zero-order valence-electron chi connectivity index (χ0n) is 16.9. The first-order valence-electron chi connectivity index (χ1n) is 10.4. The van der Waals surface area contributed by atoms with E-state index in [-0.39, 0.29) is 23.5 Å². The third-order valence-corrected chi connectivity index (χ3v) is 7.46. The predicted octanol–water partition coefficient (Wildman–Crippen LogP) is 3.21. The number of hydrogen-bond donors (Lipinski definition) is 2. The molecule has 158 valence electrons. The van der Waals surface area contributed by atoms with Gasteiger partial charge in [-0.3, -0.25) is 4.79 Å². The molecule has 0 saturated carbocycles. The smallest absolute Gasteiger partial charge is 0.237 e. The van der Waals surface area contributed by atoms with Crippen LogP contribution in [0.1, 0.15) is 29.5 Å². The van der Waals surface area contributed by atoms with Crippen LogP contribution in [0.5, 0.6) is 5.75 Å². The van der Waals surface area contributed by atoms with E-state index in [9.17, 15) is 14.3 Å². The maximum atomic E-state index is 13.9. The van der Waals surface area contributed by atoms with E-state index in [2.05, 4.69) is 10.2 Å². The van der Waals surface area contributed by atoms with Gasteiger partial charge in [0.25, 0.3) is 0 Å². The fraction of sp³-hybridized carbons (Fsp3) is 0.435. The lowest BCUT2D eigenvalue weighted by molar-refractivity contribution is -0.124. The first kappa shape index (κ1) is 19.8. The monoisotopic (exact) mass is 429 g/mol. The van der Waals surface area contributed by atoms with Gasteiger partial charge in [0, 0.05) is 42.5 Å². The summed E-state index contributed by atoms with van der Waals surface area (Å²) >= 11 is 6.37. The lowest BCUT2D eigenvalue weighted by Crippen LogP contribution is -2.52. The molecule has 1 amide bonds. The number of amides is 1. The summed E-state index contributed by atoms with van der Waals surface area (Å²) in [5.41, 5.74) is 2.96. The Morgan fingerprint density at radius 1 is 1.23 bits per heavy atom. The predicted molar refractivity (Wildman–Crippen MR) is 115 cm³/mol. The minimum atomic E-state index is -0.607. The number of carbonyl (C=O) groups excluding carboxylic acids is 1. The minimum absolute atomic E-state index is 0.0784. The Morgan fingerprint density at radius 3 is 2.77 bits per heavy atom. The molecular weight excluding hydrogens is 405 g/mol. The van der Waals surface area contributed by atoms with Crippen molar-refractivity contribution in [3.63, 3.8) is 0 Å². The molecule has 1 fully saturated rings. The number of carbonyl (C=O) groups is 1. The van der Waals surface area contributed by atoms with Gasteiger partial charge in [0.15, 0.2) is 0 Å². The zero-order chi connectivity index (χ0) is 21.0. The Bertz CT molecular complexity index is 1020. The van der Waals surface area contributed by atoms with Crippen LogP contribution in [0.2, 0.25) is 5.02 Å². The van der Waals surface area contributed by atoms with Crippen molar-refractivity contribution < 1.29 is 14.3 Å². The summed E-state index contributed by atoms with van der Waals surface area (Å²) in [5.74, 6) is 0.0774. The second-order valence-electron chi connectivity index (χ2n) is 8.71. The Morgan fingerprint density at radius 2 is 2.00 bits per heavy atom. The van der Waals surface area contributed by atoms with Crippen molar-refractivity contribution in [1.82, 2.24) is 10.2 Å². The number of aromatic hydroxyl groups is 1. The van der Waals surface area contributed by atoms with Crippen molar-refractivity contribution >= 4 is 23.2 Å². The standard InChI is InChI=1S/C23H25ClFN3O2/c1-27-20-4-2-14(25)10-18(20)23(22(27)30)6-8-28(9-7-23)13-15-11-16-17(12-26-15)21(29)5-3-19(16)24/h2-5,10,15,26,29H,6-9,11-13H2,1H3. The Balaban J connectivity index is 1.29. The van der Waals surface area contributed by atoms with Gasteiger partial charge >= 0.3 is 0 Å². The van der Waals surface area contributed by atoms with Gasteiger partial charge in [-0.25, -0.2) is 4.39 Å². The molecule has 0 aromatic heterocycles. The summed E-state index contributed by atoms with van der Waals surface area (Å²) in [6.45, 7) is 3.02. The summed E-state index contributed by atoms with van der Waals surface area (Å²) in [4.78, 5) is 17.1. The SMILES string of the molecule is CN1C(=O)C2(CCN(CC3Cc4c(Cl)ccc(O)c4CN3)CC2)c2cc(F)ccc21. The summed E-state index contributed by atoms with van der Waals surface area (Å²) in [5, 5.41) is 14.3. The van der Waals surface area contributed by atoms with Crippen LogP contribution < -0.4 is 10.2 Å². The summed E-state index contributed by atoms with van der Waals surface area (Å²) in [6.07, 6.45) is 2.15. The number of hydrogen-bond acceptors (Lipinski definition) is 4. The minimum Gasteiger partial charge on any atom is -0.508 e. The van der Waals surface area contributed by atoms with E-state index in [1.807, 2.05) is 0 Å². The van der Waals surface area contributed by atoms with Crippen LogP contribution in [0, 0.1) is 5.82 Å². The number of piperidine rings is 1. The van der Waals surface area contributed by atoms with Gasteiger partial charge in [0.1, 0.15) is 11.6 Å². The number of nitrogens with one attached hydrogen (secondary N) is 1. The van der Waals surface area contributed by atoms with Gasteiger partial charge in [0.2, 0.25) is 5.91 Å². The van der Waals surface area contributed by atoms with E-state index < -0.39 is 5.41 Å². The van der Waals surface area contributed by atoms with Crippen LogP contribution in [-0.4, -0.2) is 48.6 Å². The highest BCUT2D eigenvalue weighted by Gasteiger charge is 2.51. The Labute approximate surface area is 180 Å². The van der Waals surface area contributed by atoms with Crippen LogP contribution in [0.3, 0.4) is 0 Å². The summed E-state index contributed by atoms with van der Waals surface area (Å²) in [7, 11) is 1.78. The molecule has 0 bridgehead atoms. The van der Waals surface area contributed by atoms with Crippen molar-refractivity contribution in [3.8, 4) is 5.75 Å². The van der Waals surface area contributed by atoms with E-state index in [1.165, 1.54) is 6.07 Å². The fourth-order valence-corrected chi connectivity index (χ4v) is 5.66. The lowest BCUT2D eigenvalue weighted by Gasteiger charge is -2.40. The van der Waals surface area contributed by atoms with Gasteiger partial charge in [-0.1, -0.05) is 11.6 Å². The number of halogens is 2. The van der Waals surface area contributed by atoms with Crippen molar-refractivity contribution in [1.29, 1.82) is 0 Å². The molecule has 3 heterocycles. The molecule has 3 aliphatic heterocycles. The number of fused-ring (bicyclic) bond motifs is 3. The molecule has 0 aliphatic carbocycles. The average molecular weight is 430 g/mol. The molecule has 1 spiro atoms. The molecule has 5 nitrogen and oxygen atoms in total. The van der Waals surface area contributed by atoms with E-state index in [4.69, 9.17) is 11.6 Å². The number of benzene rings is 2. The van der Waals surface area contributed by atoms with Gasteiger partial charge in [0.05, 0.1) is 5.41 Å². The molecule has 3 aliphatic rings. The topological polar surface area (TPSA) is 55.8 Å². The van der Waals surface area contributed by atoms with Gasteiger partial charge in [-0.15, -0.1) is 0 Å². The normalized spacial score (nSPS) is 23.0. The Kier molecular flexibility index (Phi) is 4.76. The number of phenolic OH excluding ortho intramolecular Hbond substituents is 1. The van der Waals surface area contributed by atoms with Crippen molar-refractivity contribution in [2.24, 2.45) is 0 Å². The molecular formula is C23H25ClFN3O2. The third-order valence-electron chi connectivity index (χ3n) is 7.11. The number of likely N-dealkylation sites (tertiary alicyclic amines) is 1.